The van der Waals surface area contributed by atoms with Crippen molar-refractivity contribution < 1.29 is 0 Å². The van der Waals surface area contributed by atoms with Gasteiger partial charge in [0.05, 0.1) is 5.03 Å². The lowest BCUT2D eigenvalue weighted by molar-refractivity contribution is 0.515. The van der Waals surface area contributed by atoms with Crippen LogP contribution in [0.25, 0.3) is 0 Å². The third kappa shape index (κ3) is 3.99. The van der Waals surface area contributed by atoms with Crippen LogP contribution in [0.4, 0.5) is 0 Å². The quantitative estimate of drug-likeness (QED) is 0.863. The zero-order chi connectivity index (χ0) is 12.8. The van der Waals surface area contributed by atoms with Gasteiger partial charge in [0.1, 0.15) is 0 Å². The van der Waals surface area contributed by atoms with Gasteiger partial charge in [0.15, 0.2) is 0 Å². The van der Waals surface area contributed by atoms with Crippen LogP contribution in [0.15, 0.2) is 23.4 Å². The van der Waals surface area contributed by atoms with Crippen LogP contribution in [-0.2, 0) is 0 Å². The fraction of sp³-hybridized carbons (Fsp3) is 0.667. The molecule has 0 aromatic carbocycles. The molecule has 3 heteroatoms. The molecular formula is C15H24N2S. The van der Waals surface area contributed by atoms with Gasteiger partial charge in [-0.05, 0) is 44.0 Å². The third-order valence-electron chi connectivity index (χ3n) is 3.61. The van der Waals surface area contributed by atoms with Crippen molar-refractivity contribution in [3.05, 3.63) is 23.9 Å². The van der Waals surface area contributed by atoms with Crippen LogP contribution in [0, 0.1) is 0 Å². The van der Waals surface area contributed by atoms with Gasteiger partial charge in [0.2, 0.25) is 0 Å². The molecule has 2 rings (SSSR count). The topological polar surface area (TPSA) is 24.9 Å². The Balaban J connectivity index is 1.97. The number of pyridine rings is 1. The van der Waals surface area contributed by atoms with E-state index in [4.69, 9.17) is 0 Å². The number of aromatic nitrogens is 1. The average Bonchev–Trinajstić information content (AvgIpc) is 2.40. The van der Waals surface area contributed by atoms with Gasteiger partial charge in [-0.25, -0.2) is 4.98 Å². The number of thioether (sulfide) groups is 1. The number of nitrogens with zero attached hydrogens (tertiary/aromatic N) is 1. The fourth-order valence-corrected chi connectivity index (χ4v) is 3.77. The normalized spacial score (nSPS) is 18.8. The van der Waals surface area contributed by atoms with Crippen LogP contribution in [0.1, 0.15) is 57.6 Å². The van der Waals surface area contributed by atoms with Crippen molar-refractivity contribution in [2.24, 2.45) is 0 Å². The molecule has 0 amide bonds. The van der Waals surface area contributed by atoms with E-state index in [2.05, 4.69) is 36.3 Å². The summed E-state index contributed by atoms with van der Waals surface area (Å²) in [4.78, 5) is 4.51. The predicted octanol–water partition coefficient (Wildman–Crippen LogP) is 4.18. The molecule has 2 nitrogen and oxygen atoms in total. The summed E-state index contributed by atoms with van der Waals surface area (Å²) >= 11 is 1.98. The van der Waals surface area contributed by atoms with Gasteiger partial charge < -0.3 is 5.32 Å². The van der Waals surface area contributed by atoms with E-state index >= 15 is 0 Å². The summed E-state index contributed by atoms with van der Waals surface area (Å²) in [6.45, 7) is 5.37. The monoisotopic (exact) mass is 264 g/mol. The smallest absolute Gasteiger partial charge is 0.0965 e. The Bertz CT molecular complexity index is 361. The van der Waals surface area contributed by atoms with Gasteiger partial charge in [0.25, 0.3) is 0 Å². The standard InChI is InChI=1S/C15H24N2S/c1-3-16-12(2)13-9-10-17-15(11-13)18-14-7-5-4-6-8-14/h9-12,14,16H,3-8H2,1-2H3. The Hall–Kier alpha value is -0.540. The molecule has 0 bridgehead atoms. The van der Waals surface area contributed by atoms with Crippen molar-refractivity contribution in [1.29, 1.82) is 0 Å². The second-order valence-corrected chi connectivity index (χ2v) is 6.41. The third-order valence-corrected chi connectivity index (χ3v) is 4.88. The molecule has 1 saturated carbocycles. The highest BCUT2D eigenvalue weighted by molar-refractivity contribution is 7.99. The number of nitrogens with one attached hydrogen (secondary N) is 1. The minimum absolute atomic E-state index is 0.420. The summed E-state index contributed by atoms with van der Waals surface area (Å²) in [5.41, 5.74) is 1.35. The summed E-state index contributed by atoms with van der Waals surface area (Å²) in [5, 5.41) is 5.44. The van der Waals surface area contributed by atoms with E-state index in [9.17, 15) is 0 Å². The highest BCUT2D eigenvalue weighted by Gasteiger charge is 2.15. The van der Waals surface area contributed by atoms with Gasteiger partial charge in [-0.2, -0.15) is 0 Å². The lowest BCUT2D eigenvalue weighted by Crippen LogP contribution is -2.17. The average molecular weight is 264 g/mol. The predicted molar refractivity (Wildman–Crippen MR) is 79.1 cm³/mol. The molecule has 18 heavy (non-hydrogen) atoms. The van der Waals surface area contributed by atoms with Crippen LogP contribution >= 0.6 is 11.8 Å². The van der Waals surface area contributed by atoms with Crippen molar-refractivity contribution in [3.63, 3.8) is 0 Å². The minimum atomic E-state index is 0.420. The van der Waals surface area contributed by atoms with Gasteiger partial charge in [-0.15, -0.1) is 11.8 Å². The molecule has 1 aliphatic carbocycles. The highest BCUT2D eigenvalue weighted by atomic mass is 32.2. The van der Waals surface area contributed by atoms with Crippen LogP contribution in [0.2, 0.25) is 0 Å². The number of hydrogen-bond acceptors (Lipinski definition) is 3. The molecule has 1 unspecified atom stereocenters. The van der Waals surface area contributed by atoms with E-state index in [1.54, 1.807) is 0 Å². The Morgan fingerprint density at radius 1 is 1.39 bits per heavy atom. The van der Waals surface area contributed by atoms with Crippen molar-refractivity contribution >= 4 is 11.8 Å². The van der Waals surface area contributed by atoms with Gasteiger partial charge >= 0.3 is 0 Å². The molecule has 1 atom stereocenters. The molecule has 0 saturated heterocycles. The summed E-state index contributed by atoms with van der Waals surface area (Å²) < 4.78 is 0. The molecule has 1 heterocycles. The van der Waals surface area contributed by atoms with E-state index in [-0.39, 0.29) is 0 Å². The maximum atomic E-state index is 4.51. The SMILES string of the molecule is CCNC(C)c1ccnc(SC2CCCCC2)c1. The van der Waals surface area contributed by atoms with Gasteiger partial charge in [0, 0.05) is 17.5 Å². The Morgan fingerprint density at radius 2 is 2.17 bits per heavy atom. The summed E-state index contributed by atoms with van der Waals surface area (Å²) in [5.74, 6) is 0. The number of rotatable bonds is 5. The Morgan fingerprint density at radius 3 is 2.89 bits per heavy atom. The first-order valence-corrected chi connectivity index (χ1v) is 8.03. The molecule has 0 aliphatic heterocycles. The van der Waals surface area contributed by atoms with E-state index in [1.165, 1.54) is 42.7 Å². The van der Waals surface area contributed by atoms with Crippen LogP contribution in [-0.4, -0.2) is 16.8 Å². The van der Waals surface area contributed by atoms with Crippen molar-refractivity contribution in [2.75, 3.05) is 6.54 Å². The first-order chi connectivity index (χ1) is 8.79. The summed E-state index contributed by atoms with van der Waals surface area (Å²) in [6.07, 6.45) is 8.88. The zero-order valence-electron chi connectivity index (χ0n) is 11.5. The molecular weight excluding hydrogens is 240 g/mol. The lowest BCUT2D eigenvalue weighted by atomic mass is 10.0. The maximum absolute atomic E-state index is 4.51. The van der Waals surface area contributed by atoms with Crippen LogP contribution in [0.3, 0.4) is 0 Å². The maximum Gasteiger partial charge on any atom is 0.0965 e. The van der Waals surface area contributed by atoms with Gasteiger partial charge in [-0.1, -0.05) is 26.2 Å². The second kappa shape index (κ2) is 7.15. The van der Waals surface area contributed by atoms with Crippen molar-refractivity contribution in [1.82, 2.24) is 10.3 Å². The first-order valence-electron chi connectivity index (χ1n) is 7.15. The highest BCUT2D eigenvalue weighted by Crippen LogP contribution is 2.33. The van der Waals surface area contributed by atoms with Crippen LogP contribution in [0.5, 0.6) is 0 Å². The molecule has 1 N–H and O–H groups in total. The van der Waals surface area contributed by atoms with E-state index in [0.717, 1.165) is 11.8 Å². The van der Waals surface area contributed by atoms with Crippen LogP contribution < -0.4 is 5.32 Å². The van der Waals surface area contributed by atoms with E-state index in [1.807, 2.05) is 18.0 Å². The summed E-state index contributed by atoms with van der Waals surface area (Å²) in [7, 11) is 0. The van der Waals surface area contributed by atoms with E-state index < -0.39 is 0 Å². The van der Waals surface area contributed by atoms with E-state index in [0.29, 0.717) is 6.04 Å². The molecule has 1 aliphatic rings. The molecule has 0 spiro atoms. The molecule has 1 aromatic rings. The van der Waals surface area contributed by atoms with Crippen molar-refractivity contribution in [3.8, 4) is 0 Å². The Labute approximate surface area is 115 Å². The first kappa shape index (κ1) is 13.9. The van der Waals surface area contributed by atoms with Gasteiger partial charge in [-0.3, -0.25) is 0 Å². The number of hydrogen-bond donors (Lipinski definition) is 1. The fourth-order valence-electron chi connectivity index (χ4n) is 2.54. The van der Waals surface area contributed by atoms with Crippen molar-refractivity contribution in [2.45, 2.75) is 62.3 Å². The largest absolute Gasteiger partial charge is 0.310 e. The Kier molecular flexibility index (Phi) is 5.51. The molecule has 0 radical (unpaired) electrons. The minimum Gasteiger partial charge on any atom is -0.310 e. The second-order valence-electron chi connectivity index (χ2n) is 5.08. The lowest BCUT2D eigenvalue weighted by Gasteiger charge is -2.21. The summed E-state index contributed by atoms with van der Waals surface area (Å²) in [6, 6.07) is 4.80. The molecule has 1 aromatic heterocycles. The molecule has 1 fully saturated rings. The molecule has 100 valence electrons. The zero-order valence-corrected chi connectivity index (χ0v) is 12.3.